The highest BCUT2D eigenvalue weighted by atomic mass is 16.5. The van der Waals surface area contributed by atoms with Gasteiger partial charge in [-0.25, -0.2) is 0 Å². The minimum atomic E-state index is -0.791. The summed E-state index contributed by atoms with van der Waals surface area (Å²) in [4.78, 5) is 30.4. The number of nitrogens with zero attached hydrogens (tertiary/aromatic N) is 1. The Kier molecular flexibility index (Phi) is 10.1. The van der Waals surface area contributed by atoms with E-state index in [9.17, 15) is 14.7 Å². The van der Waals surface area contributed by atoms with E-state index in [2.05, 4.69) is 59.0 Å². The first-order chi connectivity index (χ1) is 19.3. The Morgan fingerprint density at radius 1 is 0.902 bits per heavy atom. The predicted molar refractivity (Wildman–Crippen MR) is 165 cm³/mol. The highest BCUT2D eigenvalue weighted by molar-refractivity contribution is 5.92. The molecule has 2 saturated carbocycles. The van der Waals surface area contributed by atoms with E-state index in [0.717, 1.165) is 93.9 Å². The maximum absolute atomic E-state index is 14.3. The molecule has 4 rings (SSSR count). The number of hydrogen-bond acceptors (Lipinski definition) is 4. The van der Waals surface area contributed by atoms with E-state index >= 15 is 0 Å². The summed E-state index contributed by atoms with van der Waals surface area (Å²) in [5, 5.41) is 14.6. The molecule has 1 unspecified atom stereocenters. The van der Waals surface area contributed by atoms with Crippen molar-refractivity contribution in [2.45, 2.75) is 160 Å². The van der Waals surface area contributed by atoms with Crippen LogP contribution in [0.2, 0.25) is 0 Å². The lowest BCUT2D eigenvalue weighted by atomic mass is 9.77. The molecule has 0 aromatic heterocycles. The van der Waals surface area contributed by atoms with Crippen molar-refractivity contribution in [1.29, 1.82) is 0 Å². The van der Waals surface area contributed by atoms with Crippen molar-refractivity contribution in [3.8, 4) is 5.75 Å². The van der Waals surface area contributed by atoms with Crippen molar-refractivity contribution >= 4 is 11.8 Å². The predicted octanol–water partition coefficient (Wildman–Crippen LogP) is 7.08. The molecule has 1 atom stereocenters. The fourth-order valence-corrected chi connectivity index (χ4v) is 7.20. The molecule has 230 valence electrons. The van der Waals surface area contributed by atoms with E-state index < -0.39 is 5.54 Å². The fourth-order valence-electron chi connectivity index (χ4n) is 7.20. The van der Waals surface area contributed by atoms with Crippen molar-refractivity contribution in [1.82, 2.24) is 10.2 Å². The fraction of sp³-hybridized carbons (Fsp3) is 0.771. The molecular formula is C35H56N2O4. The van der Waals surface area contributed by atoms with Crippen LogP contribution in [-0.2, 0) is 31.6 Å². The molecule has 1 aromatic rings. The molecule has 1 saturated heterocycles. The number of ether oxygens (including phenoxy) is 1. The highest BCUT2D eigenvalue weighted by Crippen LogP contribution is 2.41. The second kappa shape index (κ2) is 13.1. The zero-order valence-electron chi connectivity index (χ0n) is 26.7. The van der Waals surface area contributed by atoms with E-state index in [1.165, 1.54) is 6.42 Å². The number of phenols is 1. The molecular weight excluding hydrogens is 512 g/mol. The summed E-state index contributed by atoms with van der Waals surface area (Å²) < 4.78 is 6.03. The van der Waals surface area contributed by atoms with Gasteiger partial charge in [0.05, 0.1) is 6.10 Å². The molecule has 2 amide bonds. The molecule has 6 heteroatoms. The molecule has 0 spiro atoms. The largest absolute Gasteiger partial charge is 0.507 e. The van der Waals surface area contributed by atoms with Gasteiger partial charge in [-0.1, -0.05) is 92.2 Å². The molecule has 2 N–H and O–H groups in total. The van der Waals surface area contributed by atoms with Gasteiger partial charge in [0.25, 0.3) is 0 Å². The molecule has 0 bridgehead atoms. The van der Waals surface area contributed by atoms with Crippen LogP contribution in [0.15, 0.2) is 12.1 Å². The van der Waals surface area contributed by atoms with Crippen molar-refractivity contribution in [3.63, 3.8) is 0 Å². The maximum atomic E-state index is 14.3. The normalized spacial score (nSPS) is 22.0. The van der Waals surface area contributed by atoms with Gasteiger partial charge in [0.1, 0.15) is 11.3 Å². The number of rotatable bonds is 8. The first-order valence-corrected chi connectivity index (χ1v) is 16.4. The summed E-state index contributed by atoms with van der Waals surface area (Å²) in [7, 11) is 0. The smallest absolute Gasteiger partial charge is 0.246 e. The molecule has 41 heavy (non-hydrogen) atoms. The second-order valence-electron chi connectivity index (χ2n) is 15.1. The Morgan fingerprint density at radius 3 is 2.02 bits per heavy atom. The van der Waals surface area contributed by atoms with Crippen LogP contribution in [-0.4, -0.2) is 52.7 Å². The topological polar surface area (TPSA) is 78.9 Å². The number of phenolic OH excluding ortho intramolecular Hbond substituents is 1. The maximum Gasteiger partial charge on any atom is 0.246 e. The number of amides is 2. The average molecular weight is 569 g/mol. The zero-order chi connectivity index (χ0) is 29.8. The van der Waals surface area contributed by atoms with Crippen LogP contribution in [0, 0.1) is 0 Å². The SMILES string of the molecule is CC(C)(C)c1cc(CCC(=O)N(CC2CCCO2)C2(C(=O)NC3CCCCC3)CCCCC2)cc(C(C)(C)C)c1O. The number of benzene rings is 1. The molecule has 3 fully saturated rings. The lowest BCUT2D eigenvalue weighted by molar-refractivity contribution is -0.153. The van der Waals surface area contributed by atoms with Crippen molar-refractivity contribution in [2.75, 3.05) is 13.2 Å². The third-order valence-electron chi connectivity index (χ3n) is 9.68. The van der Waals surface area contributed by atoms with Crippen LogP contribution in [0.4, 0.5) is 0 Å². The molecule has 1 aromatic carbocycles. The molecule has 3 aliphatic rings. The minimum absolute atomic E-state index is 0.00566. The summed E-state index contributed by atoms with van der Waals surface area (Å²) in [6.07, 6.45) is 13.0. The third kappa shape index (κ3) is 7.66. The monoisotopic (exact) mass is 568 g/mol. The average Bonchev–Trinajstić information content (AvgIpc) is 3.44. The third-order valence-corrected chi connectivity index (χ3v) is 9.68. The Labute approximate surface area is 249 Å². The van der Waals surface area contributed by atoms with Crippen LogP contribution in [0.3, 0.4) is 0 Å². The van der Waals surface area contributed by atoms with Gasteiger partial charge in [-0.05, 0) is 72.5 Å². The van der Waals surface area contributed by atoms with Gasteiger partial charge in [0.2, 0.25) is 11.8 Å². The first kappa shape index (κ1) is 31.8. The van der Waals surface area contributed by atoms with E-state index in [-0.39, 0.29) is 34.8 Å². The van der Waals surface area contributed by atoms with E-state index in [1.807, 2.05) is 4.90 Å². The summed E-state index contributed by atoms with van der Waals surface area (Å²) in [6.45, 7) is 13.9. The zero-order valence-corrected chi connectivity index (χ0v) is 26.7. The molecule has 1 heterocycles. The van der Waals surface area contributed by atoms with Crippen molar-refractivity contribution in [3.05, 3.63) is 28.8 Å². The number of hydrogen-bond donors (Lipinski definition) is 2. The number of aryl methyl sites for hydroxylation is 1. The van der Waals surface area contributed by atoms with Gasteiger partial charge in [0.15, 0.2) is 0 Å². The number of aromatic hydroxyl groups is 1. The van der Waals surface area contributed by atoms with E-state index in [4.69, 9.17) is 4.74 Å². The van der Waals surface area contributed by atoms with Crippen LogP contribution in [0.25, 0.3) is 0 Å². The lowest BCUT2D eigenvalue weighted by Gasteiger charge is -2.46. The Hall–Kier alpha value is -2.08. The molecule has 1 aliphatic heterocycles. The molecule has 2 aliphatic carbocycles. The van der Waals surface area contributed by atoms with Crippen molar-refractivity contribution in [2.24, 2.45) is 0 Å². The quantitative estimate of drug-likeness (QED) is 0.351. The Bertz CT molecular complexity index is 1010. The Balaban J connectivity index is 1.61. The summed E-state index contributed by atoms with van der Waals surface area (Å²) in [6, 6.07) is 4.38. The summed E-state index contributed by atoms with van der Waals surface area (Å²) in [5.41, 5.74) is 1.66. The highest BCUT2D eigenvalue weighted by Gasteiger charge is 2.48. The summed E-state index contributed by atoms with van der Waals surface area (Å²) >= 11 is 0. The van der Waals surface area contributed by atoms with Crippen LogP contribution in [0.5, 0.6) is 5.75 Å². The van der Waals surface area contributed by atoms with Crippen LogP contribution >= 0.6 is 0 Å². The van der Waals surface area contributed by atoms with Gasteiger partial charge >= 0.3 is 0 Å². The van der Waals surface area contributed by atoms with Crippen LogP contribution < -0.4 is 5.32 Å². The second-order valence-corrected chi connectivity index (χ2v) is 15.1. The molecule has 0 radical (unpaired) electrons. The number of nitrogens with one attached hydrogen (secondary N) is 1. The van der Waals surface area contributed by atoms with E-state index in [1.54, 1.807) is 0 Å². The van der Waals surface area contributed by atoms with Gasteiger partial charge in [-0.15, -0.1) is 0 Å². The minimum Gasteiger partial charge on any atom is -0.507 e. The van der Waals surface area contributed by atoms with Gasteiger partial charge < -0.3 is 20.1 Å². The number of carbonyl (C=O) groups is 2. The van der Waals surface area contributed by atoms with Gasteiger partial charge in [-0.3, -0.25) is 9.59 Å². The lowest BCUT2D eigenvalue weighted by Crippen LogP contribution is -2.64. The van der Waals surface area contributed by atoms with Gasteiger partial charge in [0, 0.05) is 25.6 Å². The van der Waals surface area contributed by atoms with Crippen molar-refractivity contribution < 1.29 is 19.4 Å². The molecule has 6 nitrogen and oxygen atoms in total. The number of carbonyl (C=O) groups excluding carboxylic acids is 2. The van der Waals surface area contributed by atoms with Gasteiger partial charge in [-0.2, -0.15) is 0 Å². The van der Waals surface area contributed by atoms with Crippen LogP contribution in [0.1, 0.15) is 142 Å². The Morgan fingerprint density at radius 2 is 1.49 bits per heavy atom. The van der Waals surface area contributed by atoms with E-state index in [0.29, 0.717) is 25.1 Å². The summed E-state index contributed by atoms with van der Waals surface area (Å²) in [5.74, 6) is 0.467. The first-order valence-electron chi connectivity index (χ1n) is 16.4. The standard InChI is InChI=1S/C35H56N2O4/c1-33(2,3)28-22-25(23-29(31(28)39)34(4,5)6)17-18-30(38)37(24-27-16-13-21-41-27)35(19-11-8-12-20-35)32(40)36-26-14-9-7-10-15-26/h22-23,26-27,39H,7-21,24H2,1-6H3,(H,36,40).